The zero-order valence-corrected chi connectivity index (χ0v) is 20.1. The topological polar surface area (TPSA) is 20.3 Å². The van der Waals surface area contributed by atoms with Gasteiger partial charge in [0.05, 0.1) is 0 Å². The summed E-state index contributed by atoms with van der Waals surface area (Å²) in [4.78, 5) is 13.3. The maximum absolute atomic E-state index is 11.2. The van der Waals surface area contributed by atoms with E-state index in [2.05, 4.69) is 52.8 Å². The van der Waals surface area contributed by atoms with Crippen molar-refractivity contribution in [3.8, 4) is 23.7 Å². The van der Waals surface area contributed by atoms with Crippen LogP contribution < -0.4 is 4.90 Å². The molecule has 5 aromatic rings. The van der Waals surface area contributed by atoms with E-state index in [-0.39, 0.29) is 0 Å². The van der Waals surface area contributed by atoms with Crippen LogP contribution in [0.4, 0.5) is 17.1 Å². The smallest absolute Gasteiger partial charge is 0.150 e. The third kappa shape index (κ3) is 6.04. The number of nitrogens with zero attached hydrogens (tertiary/aromatic N) is 1. The first-order valence-electron chi connectivity index (χ1n) is 12.0. The molecule has 0 heterocycles. The zero-order chi connectivity index (χ0) is 25.3. The van der Waals surface area contributed by atoms with E-state index in [1.807, 2.05) is 109 Å². The lowest BCUT2D eigenvalue weighted by Gasteiger charge is -2.25. The molecule has 0 spiro atoms. The molecular weight excluding hydrogens is 450 g/mol. The molecule has 0 saturated carbocycles. The minimum atomic E-state index is 0.641. The summed E-state index contributed by atoms with van der Waals surface area (Å²) < 4.78 is 0. The number of hydrogen-bond donors (Lipinski definition) is 0. The van der Waals surface area contributed by atoms with Gasteiger partial charge in [-0.25, -0.2) is 0 Å². The van der Waals surface area contributed by atoms with E-state index < -0.39 is 0 Å². The van der Waals surface area contributed by atoms with Gasteiger partial charge in [0.25, 0.3) is 0 Å². The van der Waals surface area contributed by atoms with Gasteiger partial charge < -0.3 is 4.90 Å². The fourth-order valence-electron chi connectivity index (χ4n) is 3.87. The van der Waals surface area contributed by atoms with Gasteiger partial charge in [-0.15, -0.1) is 0 Å². The maximum Gasteiger partial charge on any atom is 0.150 e. The van der Waals surface area contributed by atoms with E-state index in [1.54, 1.807) is 0 Å². The van der Waals surface area contributed by atoms with Crippen LogP contribution in [0.1, 0.15) is 32.6 Å². The quantitative estimate of drug-likeness (QED) is 0.196. The molecule has 2 heteroatoms. The van der Waals surface area contributed by atoms with Crippen LogP contribution in [0.2, 0.25) is 0 Å². The molecule has 0 aromatic heterocycles. The van der Waals surface area contributed by atoms with E-state index in [0.717, 1.165) is 45.6 Å². The van der Waals surface area contributed by atoms with Gasteiger partial charge >= 0.3 is 0 Å². The third-order valence-corrected chi connectivity index (χ3v) is 5.79. The summed E-state index contributed by atoms with van der Waals surface area (Å²) in [5.41, 5.74) is 7.43. The number of carbonyl (C=O) groups excluding carboxylic acids is 1. The predicted octanol–water partition coefficient (Wildman–Crippen LogP) is 7.77. The van der Waals surface area contributed by atoms with Crippen molar-refractivity contribution in [2.75, 3.05) is 4.90 Å². The Kier molecular flexibility index (Phi) is 7.23. The Morgan fingerprint density at radius 3 is 1.08 bits per heavy atom. The highest BCUT2D eigenvalue weighted by Crippen LogP contribution is 2.34. The normalized spacial score (nSPS) is 9.84. The Bertz CT molecular complexity index is 1500. The van der Waals surface area contributed by atoms with Crippen molar-refractivity contribution in [1.82, 2.24) is 0 Å². The van der Waals surface area contributed by atoms with Crippen molar-refractivity contribution in [2.24, 2.45) is 0 Å². The Labute approximate surface area is 217 Å². The van der Waals surface area contributed by atoms with Crippen molar-refractivity contribution < 1.29 is 4.79 Å². The van der Waals surface area contributed by atoms with Crippen LogP contribution in [-0.2, 0) is 0 Å². The molecule has 37 heavy (non-hydrogen) atoms. The molecule has 5 rings (SSSR count). The number of hydrogen-bond acceptors (Lipinski definition) is 2. The molecular formula is C35H23NO. The second-order valence-electron chi connectivity index (χ2n) is 8.37. The zero-order valence-electron chi connectivity index (χ0n) is 20.1. The summed E-state index contributed by atoms with van der Waals surface area (Å²) in [6.07, 6.45) is 0.856. The van der Waals surface area contributed by atoms with Crippen LogP contribution in [-0.4, -0.2) is 6.29 Å². The van der Waals surface area contributed by atoms with E-state index in [1.165, 1.54) is 0 Å². The molecule has 0 N–H and O–H groups in total. The SMILES string of the molecule is O=Cc1ccc(N(c2ccc(C#Cc3ccccc3)cc2)c2ccc(C#Cc3ccccc3)cc2)cc1. The lowest BCUT2D eigenvalue weighted by atomic mass is 10.1. The highest BCUT2D eigenvalue weighted by molar-refractivity contribution is 5.80. The number of rotatable bonds is 4. The van der Waals surface area contributed by atoms with Gasteiger partial charge in [-0.1, -0.05) is 60.1 Å². The first-order valence-corrected chi connectivity index (χ1v) is 12.0. The van der Waals surface area contributed by atoms with Gasteiger partial charge in [0.2, 0.25) is 0 Å². The van der Waals surface area contributed by atoms with Crippen LogP contribution in [0.5, 0.6) is 0 Å². The minimum absolute atomic E-state index is 0.641. The van der Waals surface area contributed by atoms with Crippen molar-refractivity contribution >= 4 is 23.3 Å². The largest absolute Gasteiger partial charge is 0.311 e. The summed E-state index contributed by atoms with van der Waals surface area (Å²) in [5, 5.41) is 0. The average molecular weight is 474 g/mol. The van der Waals surface area contributed by atoms with Crippen molar-refractivity contribution in [1.29, 1.82) is 0 Å². The number of anilines is 3. The number of aldehydes is 1. The summed E-state index contributed by atoms with van der Waals surface area (Å²) in [5.74, 6) is 12.9. The molecule has 0 radical (unpaired) electrons. The number of benzene rings is 5. The summed E-state index contributed by atoms with van der Waals surface area (Å²) in [6, 6.07) is 43.8. The highest BCUT2D eigenvalue weighted by Gasteiger charge is 2.12. The van der Waals surface area contributed by atoms with Gasteiger partial charge in [-0.05, 0) is 97.1 Å². The molecule has 0 atom stereocenters. The Balaban J connectivity index is 1.45. The molecule has 0 aliphatic heterocycles. The first-order chi connectivity index (χ1) is 18.3. The van der Waals surface area contributed by atoms with E-state index >= 15 is 0 Å². The molecule has 0 bridgehead atoms. The Morgan fingerprint density at radius 1 is 0.405 bits per heavy atom. The molecule has 0 unspecified atom stereocenters. The molecule has 174 valence electrons. The van der Waals surface area contributed by atoms with E-state index in [0.29, 0.717) is 5.56 Å². The van der Waals surface area contributed by atoms with Gasteiger partial charge in [0.1, 0.15) is 6.29 Å². The second kappa shape index (κ2) is 11.4. The summed E-state index contributed by atoms with van der Waals surface area (Å²) in [7, 11) is 0. The maximum atomic E-state index is 11.2. The standard InChI is InChI=1S/C35H23NO/c37-27-32-19-25-35(26-20-32)36(33-21-15-30(16-22-33)13-11-28-7-3-1-4-8-28)34-23-17-31(18-24-34)14-12-29-9-5-2-6-10-29/h1-10,15-27H. The van der Waals surface area contributed by atoms with Gasteiger partial charge in [-0.3, -0.25) is 4.79 Å². The van der Waals surface area contributed by atoms with E-state index in [4.69, 9.17) is 0 Å². The lowest BCUT2D eigenvalue weighted by Crippen LogP contribution is -2.10. The van der Waals surface area contributed by atoms with Crippen molar-refractivity contribution in [2.45, 2.75) is 0 Å². The molecule has 0 saturated heterocycles. The molecule has 0 aliphatic carbocycles. The number of carbonyl (C=O) groups is 1. The van der Waals surface area contributed by atoms with Crippen LogP contribution in [0.15, 0.2) is 133 Å². The van der Waals surface area contributed by atoms with Crippen LogP contribution in [0.25, 0.3) is 0 Å². The average Bonchev–Trinajstić information content (AvgIpc) is 2.98. The lowest BCUT2D eigenvalue weighted by molar-refractivity contribution is 0.112. The Morgan fingerprint density at radius 2 is 0.730 bits per heavy atom. The molecule has 5 aromatic carbocycles. The van der Waals surface area contributed by atoms with Crippen LogP contribution in [0, 0.1) is 23.7 Å². The summed E-state index contributed by atoms with van der Waals surface area (Å²) in [6.45, 7) is 0. The van der Waals surface area contributed by atoms with Crippen LogP contribution >= 0.6 is 0 Å². The van der Waals surface area contributed by atoms with Crippen molar-refractivity contribution in [3.05, 3.63) is 161 Å². The first kappa shape index (κ1) is 23.4. The van der Waals surface area contributed by atoms with Gasteiger partial charge in [-0.2, -0.15) is 0 Å². The minimum Gasteiger partial charge on any atom is -0.311 e. The molecule has 0 fully saturated rings. The van der Waals surface area contributed by atoms with Crippen molar-refractivity contribution in [3.63, 3.8) is 0 Å². The highest BCUT2D eigenvalue weighted by atomic mass is 16.1. The van der Waals surface area contributed by atoms with Gasteiger partial charge in [0, 0.05) is 44.9 Å². The van der Waals surface area contributed by atoms with Gasteiger partial charge in [0.15, 0.2) is 0 Å². The second-order valence-corrected chi connectivity index (χ2v) is 8.37. The fourth-order valence-corrected chi connectivity index (χ4v) is 3.87. The third-order valence-electron chi connectivity index (χ3n) is 5.79. The molecule has 0 aliphatic rings. The fraction of sp³-hybridized carbons (Fsp3) is 0. The van der Waals surface area contributed by atoms with Crippen LogP contribution in [0.3, 0.4) is 0 Å². The molecule has 2 nitrogen and oxygen atoms in total. The monoisotopic (exact) mass is 473 g/mol. The predicted molar refractivity (Wildman–Crippen MR) is 151 cm³/mol. The summed E-state index contributed by atoms with van der Waals surface area (Å²) >= 11 is 0. The Hall–Kier alpha value is -5.31. The van der Waals surface area contributed by atoms with E-state index in [9.17, 15) is 4.79 Å². The molecule has 0 amide bonds.